The van der Waals surface area contributed by atoms with Crippen LogP contribution in [0.25, 0.3) is 0 Å². The van der Waals surface area contributed by atoms with Crippen molar-refractivity contribution in [1.82, 2.24) is 10.3 Å². The largest absolute Gasteiger partial charge is 0.323 e. The SMILES string of the molecule is CNC(c1cccnc1)C1(N)CC1. The third kappa shape index (κ3) is 1.57. The zero-order chi connectivity index (χ0) is 9.31. The molecule has 3 N–H and O–H groups in total. The highest BCUT2D eigenvalue weighted by atomic mass is 15.0. The molecule has 0 aliphatic heterocycles. The second-order valence-corrected chi connectivity index (χ2v) is 3.74. The first-order valence-electron chi connectivity index (χ1n) is 4.62. The second kappa shape index (κ2) is 3.09. The summed E-state index contributed by atoms with van der Waals surface area (Å²) >= 11 is 0. The number of aromatic nitrogens is 1. The van der Waals surface area contributed by atoms with Gasteiger partial charge in [-0.3, -0.25) is 4.98 Å². The highest BCUT2D eigenvalue weighted by Gasteiger charge is 2.45. The van der Waals surface area contributed by atoms with Crippen LogP contribution in [0.2, 0.25) is 0 Å². The van der Waals surface area contributed by atoms with Crippen molar-refractivity contribution in [3.05, 3.63) is 30.1 Å². The molecule has 1 saturated carbocycles. The zero-order valence-electron chi connectivity index (χ0n) is 7.83. The maximum absolute atomic E-state index is 6.14. The minimum atomic E-state index is -0.0300. The molecule has 2 rings (SSSR count). The third-order valence-electron chi connectivity index (χ3n) is 2.71. The molecular weight excluding hydrogens is 162 g/mol. The molecular formula is C10H15N3. The van der Waals surface area contributed by atoms with E-state index in [0.717, 1.165) is 12.8 Å². The molecule has 1 aliphatic rings. The van der Waals surface area contributed by atoms with Gasteiger partial charge < -0.3 is 11.1 Å². The van der Waals surface area contributed by atoms with Crippen LogP contribution in [0.4, 0.5) is 0 Å². The quantitative estimate of drug-likeness (QED) is 0.719. The van der Waals surface area contributed by atoms with E-state index in [-0.39, 0.29) is 11.6 Å². The Morgan fingerprint density at radius 3 is 2.85 bits per heavy atom. The minimum Gasteiger partial charge on any atom is -0.323 e. The third-order valence-corrected chi connectivity index (χ3v) is 2.71. The fourth-order valence-electron chi connectivity index (χ4n) is 1.77. The van der Waals surface area contributed by atoms with Crippen molar-refractivity contribution in [3.8, 4) is 0 Å². The van der Waals surface area contributed by atoms with Crippen molar-refractivity contribution in [2.75, 3.05) is 7.05 Å². The number of nitrogens with zero attached hydrogens (tertiary/aromatic N) is 1. The van der Waals surface area contributed by atoms with Crippen LogP contribution < -0.4 is 11.1 Å². The average Bonchev–Trinajstić information content (AvgIpc) is 2.87. The number of hydrogen-bond acceptors (Lipinski definition) is 3. The topological polar surface area (TPSA) is 50.9 Å². The van der Waals surface area contributed by atoms with E-state index in [1.807, 2.05) is 19.3 Å². The van der Waals surface area contributed by atoms with Crippen LogP contribution in [-0.2, 0) is 0 Å². The van der Waals surface area contributed by atoms with Gasteiger partial charge in [-0.1, -0.05) is 6.07 Å². The minimum absolute atomic E-state index is 0.0300. The molecule has 70 valence electrons. The maximum Gasteiger partial charge on any atom is 0.0515 e. The first kappa shape index (κ1) is 8.66. The molecule has 0 saturated heterocycles. The molecule has 3 heteroatoms. The van der Waals surface area contributed by atoms with Gasteiger partial charge in [0, 0.05) is 17.9 Å². The van der Waals surface area contributed by atoms with Crippen molar-refractivity contribution in [1.29, 1.82) is 0 Å². The van der Waals surface area contributed by atoms with Crippen LogP contribution in [-0.4, -0.2) is 17.6 Å². The highest BCUT2D eigenvalue weighted by molar-refractivity contribution is 5.23. The van der Waals surface area contributed by atoms with E-state index < -0.39 is 0 Å². The van der Waals surface area contributed by atoms with Gasteiger partial charge in [-0.25, -0.2) is 0 Å². The summed E-state index contributed by atoms with van der Waals surface area (Å²) in [4.78, 5) is 4.10. The molecule has 1 aromatic heterocycles. The predicted molar refractivity (Wildman–Crippen MR) is 52.2 cm³/mol. The maximum atomic E-state index is 6.14. The molecule has 1 atom stereocenters. The van der Waals surface area contributed by atoms with Crippen LogP contribution in [0, 0.1) is 0 Å². The van der Waals surface area contributed by atoms with Crippen molar-refractivity contribution in [2.45, 2.75) is 24.4 Å². The second-order valence-electron chi connectivity index (χ2n) is 3.74. The monoisotopic (exact) mass is 177 g/mol. The number of pyridine rings is 1. The fourth-order valence-corrected chi connectivity index (χ4v) is 1.77. The summed E-state index contributed by atoms with van der Waals surface area (Å²) in [6, 6.07) is 4.27. The Bertz CT molecular complexity index is 279. The molecule has 13 heavy (non-hydrogen) atoms. The summed E-state index contributed by atoms with van der Waals surface area (Å²) in [5, 5.41) is 3.26. The standard InChI is InChI=1S/C10H15N3/c1-12-9(10(11)4-5-10)8-3-2-6-13-7-8/h2-3,6-7,9,12H,4-5,11H2,1H3. The molecule has 0 amide bonds. The number of rotatable bonds is 3. The van der Waals surface area contributed by atoms with Crippen molar-refractivity contribution in [3.63, 3.8) is 0 Å². The highest BCUT2D eigenvalue weighted by Crippen LogP contribution is 2.42. The molecule has 1 fully saturated rings. The van der Waals surface area contributed by atoms with E-state index >= 15 is 0 Å². The normalized spacial score (nSPS) is 21.1. The van der Waals surface area contributed by atoms with Crippen LogP contribution in [0.3, 0.4) is 0 Å². The molecule has 0 spiro atoms. The first-order chi connectivity index (χ1) is 6.26. The van der Waals surface area contributed by atoms with Crippen LogP contribution in [0.15, 0.2) is 24.5 Å². The van der Waals surface area contributed by atoms with Gasteiger partial charge in [0.15, 0.2) is 0 Å². The van der Waals surface area contributed by atoms with Crippen molar-refractivity contribution in [2.24, 2.45) is 5.73 Å². The Balaban J connectivity index is 2.23. The molecule has 0 radical (unpaired) electrons. The summed E-state index contributed by atoms with van der Waals surface area (Å²) in [6.45, 7) is 0. The van der Waals surface area contributed by atoms with E-state index in [2.05, 4.69) is 16.4 Å². The average molecular weight is 177 g/mol. The van der Waals surface area contributed by atoms with Gasteiger partial charge in [-0.15, -0.1) is 0 Å². The molecule has 1 aliphatic carbocycles. The summed E-state index contributed by atoms with van der Waals surface area (Å²) in [7, 11) is 1.95. The van der Waals surface area contributed by atoms with Crippen LogP contribution in [0.1, 0.15) is 24.4 Å². The van der Waals surface area contributed by atoms with Gasteiger partial charge in [0.1, 0.15) is 0 Å². The lowest BCUT2D eigenvalue weighted by Gasteiger charge is -2.22. The van der Waals surface area contributed by atoms with E-state index in [1.54, 1.807) is 6.20 Å². The van der Waals surface area contributed by atoms with Crippen LogP contribution >= 0.6 is 0 Å². The molecule has 0 bridgehead atoms. The Morgan fingerprint density at radius 2 is 2.38 bits per heavy atom. The predicted octanol–water partition coefficient (Wildman–Crippen LogP) is 0.833. The molecule has 1 unspecified atom stereocenters. The summed E-state index contributed by atoms with van der Waals surface area (Å²) in [6.07, 6.45) is 5.88. The molecule has 1 aromatic rings. The Labute approximate surface area is 78.4 Å². The number of nitrogens with two attached hydrogens (primary N) is 1. The van der Waals surface area contributed by atoms with Gasteiger partial charge in [-0.2, -0.15) is 0 Å². The van der Waals surface area contributed by atoms with Gasteiger partial charge >= 0.3 is 0 Å². The Morgan fingerprint density at radius 1 is 1.62 bits per heavy atom. The summed E-state index contributed by atoms with van der Waals surface area (Å²) in [5.74, 6) is 0. The van der Waals surface area contributed by atoms with E-state index in [4.69, 9.17) is 5.73 Å². The zero-order valence-corrected chi connectivity index (χ0v) is 7.83. The fraction of sp³-hybridized carbons (Fsp3) is 0.500. The van der Waals surface area contributed by atoms with Gasteiger partial charge in [0.05, 0.1) is 6.04 Å². The van der Waals surface area contributed by atoms with Crippen molar-refractivity contribution >= 4 is 0 Å². The smallest absolute Gasteiger partial charge is 0.0515 e. The lowest BCUT2D eigenvalue weighted by Crippen LogP contribution is -2.38. The van der Waals surface area contributed by atoms with Gasteiger partial charge in [0.25, 0.3) is 0 Å². The van der Waals surface area contributed by atoms with E-state index in [9.17, 15) is 0 Å². The Hall–Kier alpha value is -0.930. The van der Waals surface area contributed by atoms with E-state index in [0.29, 0.717) is 0 Å². The lowest BCUT2D eigenvalue weighted by molar-refractivity contribution is 0.460. The molecule has 1 heterocycles. The number of hydrogen-bond donors (Lipinski definition) is 2. The summed E-state index contributed by atoms with van der Waals surface area (Å²) in [5.41, 5.74) is 7.30. The first-order valence-corrected chi connectivity index (χ1v) is 4.62. The van der Waals surface area contributed by atoms with Crippen LogP contribution in [0.5, 0.6) is 0 Å². The lowest BCUT2D eigenvalue weighted by atomic mass is 10.00. The Kier molecular flexibility index (Phi) is 2.06. The van der Waals surface area contributed by atoms with E-state index in [1.165, 1.54) is 5.56 Å². The molecule has 3 nitrogen and oxygen atoms in total. The number of nitrogens with one attached hydrogen (secondary N) is 1. The molecule has 0 aromatic carbocycles. The number of likely N-dealkylation sites (N-methyl/N-ethyl adjacent to an activating group) is 1. The summed E-state index contributed by atoms with van der Waals surface area (Å²) < 4.78 is 0. The van der Waals surface area contributed by atoms with Crippen molar-refractivity contribution < 1.29 is 0 Å². The van der Waals surface area contributed by atoms with Gasteiger partial charge in [-0.05, 0) is 31.5 Å². The van der Waals surface area contributed by atoms with Gasteiger partial charge in [0.2, 0.25) is 0 Å².